The summed E-state index contributed by atoms with van der Waals surface area (Å²) in [6, 6.07) is 9.02. The zero-order valence-electron chi connectivity index (χ0n) is 13.2. The molecule has 124 valence electrons. The molecule has 0 bridgehead atoms. The lowest BCUT2D eigenvalue weighted by Gasteiger charge is -2.09. The number of benzene rings is 1. The highest BCUT2D eigenvalue weighted by atomic mass is 35.5. The first-order valence-electron chi connectivity index (χ1n) is 7.67. The van der Waals surface area contributed by atoms with Crippen molar-refractivity contribution in [2.75, 3.05) is 6.54 Å². The molecule has 0 aliphatic carbocycles. The van der Waals surface area contributed by atoms with Crippen molar-refractivity contribution in [1.29, 1.82) is 0 Å². The molecular formula is C17H21Cl2N2O2+. The molecule has 6 heteroatoms. The summed E-state index contributed by atoms with van der Waals surface area (Å²) in [5, 5.41) is 5.79. The highest BCUT2D eigenvalue weighted by Crippen LogP contribution is 2.34. The van der Waals surface area contributed by atoms with E-state index in [9.17, 15) is 4.79 Å². The number of furan rings is 1. The van der Waals surface area contributed by atoms with Gasteiger partial charge in [-0.05, 0) is 37.6 Å². The number of hydrogen-bond acceptors (Lipinski definition) is 2. The van der Waals surface area contributed by atoms with Gasteiger partial charge in [-0.15, -0.1) is 0 Å². The monoisotopic (exact) mass is 355 g/mol. The van der Waals surface area contributed by atoms with Crippen LogP contribution >= 0.6 is 23.2 Å². The van der Waals surface area contributed by atoms with Gasteiger partial charge in [0.05, 0.1) is 10.0 Å². The number of halogens is 2. The highest BCUT2D eigenvalue weighted by molar-refractivity contribution is 6.43. The van der Waals surface area contributed by atoms with Crippen LogP contribution in [0.1, 0.15) is 26.0 Å². The maximum atomic E-state index is 11.8. The van der Waals surface area contributed by atoms with Gasteiger partial charge in [0, 0.05) is 12.1 Å². The third-order valence-corrected chi connectivity index (χ3v) is 4.33. The zero-order chi connectivity index (χ0) is 16.8. The van der Waals surface area contributed by atoms with E-state index in [-0.39, 0.29) is 11.9 Å². The van der Waals surface area contributed by atoms with Gasteiger partial charge in [0.2, 0.25) is 0 Å². The first kappa shape index (κ1) is 17.9. The molecule has 0 aliphatic heterocycles. The van der Waals surface area contributed by atoms with Gasteiger partial charge in [0.1, 0.15) is 12.3 Å². The average Bonchev–Trinajstić information content (AvgIpc) is 3.01. The summed E-state index contributed by atoms with van der Waals surface area (Å²) in [7, 11) is 0. The number of carbonyl (C=O) groups is 1. The molecule has 2 rings (SSSR count). The summed E-state index contributed by atoms with van der Waals surface area (Å²) in [4.78, 5) is 11.8. The van der Waals surface area contributed by atoms with Crippen LogP contribution < -0.4 is 10.6 Å². The van der Waals surface area contributed by atoms with Gasteiger partial charge in [0.25, 0.3) is 5.91 Å². The SMILES string of the molecule is CCCNC(=O)[C@@H](C)[NH2+]Cc1ccc(-c2cccc(Cl)c2Cl)o1. The van der Waals surface area contributed by atoms with Crippen molar-refractivity contribution < 1.29 is 14.5 Å². The van der Waals surface area contributed by atoms with Crippen molar-refractivity contribution in [3.8, 4) is 11.3 Å². The van der Waals surface area contributed by atoms with E-state index in [0.29, 0.717) is 28.9 Å². The Balaban J connectivity index is 1.97. The lowest BCUT2D eigenvalue weighted by Crippen LogP contribution is -2.90. The van der Waals surface area contributed by atoms with Crippen LogP contribution in [0.3, 0.4) is 0 Å². The summed E-state index contributed by atoms with van der Waals surface area (Å²) >= 11 is 12.2. The normalized spacial score (nSPS) is 12.2. The smallest absolute Gasteiger partial charge is 0.277 e. The number of carbonyl (C=O) groups excluding carboxylic acids is 1. The van der Waals surface area contributed by atoms with Crippen LogP contribution in [0.4, 0.5) is 0 Å². The fourth-order valence-electron chi connectivity index (χ4n) is 2.14. The van der Waals surface area contributed by atoms with Crippen molar-refractivity contribution in [3.05, 3.63) is 46.1 Å². The van der Waals surface area contributed by atoms with Gasteiger partial charge in [-0.1, -0.05) is 36.2 Å². The molecule has 1 atom stereocenters. The van der Waals surface area contributed by atoms with E-state index >= 15 is 0 Å². The van der Waals surface area contributed by atoms with Gasteiger partial charge >= 0.3 is 0 Å². The van der Waals surface area contributed by atoms with Gasteiger partial charge in [-0.2, -0.15) is 0 Å². The maximum Gasteiger partial charge on any atom is 0.277 e. The van der Waals surface area contributed by atoms with E-state index < -0.39 is 0 Å². The summed E-state index contributed by atoms with van der Waals surface area (Å²) in [6.45, 7) is 5.19. The summed E-state index contributed by atoms with van der Waals surface area (Å²) < 4.78 is 5.81. The number of amides is 1. The van der Waals surface area contributed by atoms with Crippen LogP contribution in [-0.4, -0.2) is 18.5 Å². The number of hydrogen-bond donors (Lipinski definition) is 2. The Morgan fingerprint density at radius 3 is 2.83 bits per heavy atom. The molecule has 1 heterocycles. The van der Waals surface area contributed by atoms with E-state index in [1.807, 2.05) is 43.4 Å². The van der Waals surface area contributed by atoms with E-state index in [0.717, 1.165) is 17.7 Å². The van der Waals surface area contributed by atoms with Crippen LogP contribution in [0, 0.1) is 0 Å². The molecule has 3 N–H and O–H groups in total. The third kappa shape index (κ3) is 4.74. The Kier molecular flexibility index (Phi) is 6.51. The number of nitrogens with two attached hydrogens (primary N) is 1. The third-order valence-electron chi connectivity index (χ3n) is 3.51. The van der Waals surface area contributed by atoms with Crippen molar-refractivity contribution in [1.82, 2.24) is 5.32 Å². The molecule has 0 fully saturated rings. The number of rotatable bonds is 7. The molecular weight excluding hydrogens is 335 g/mol. The first-order valence-corrected chi connectivity index (χ1v) is 8.42. The Morgan fingerprint density at radius 2 is 2.09 bits per heavy atom. The van der Waals surface area contributed by atoms with E-state index in [2.05, 4.69) is 5.32 Å². The highest BCUT2D eigenvalue weighted by Gasteiger charge is 2.17. The largest absolute Gasteiger partial charge is 0.455 e. The van der Waals surface area contributed by atoms with Gasteiger partial charge in [-0.25, -0.2) is 0 Å². The summed E-state index contributed by atoms with van der Waals surface area (Å²) in [5.41, 5.74) is 0.763. The predicted octanol–water partition coefficient (Wildman–Crippen LogP) is 3.23. The maximum absolute atomic E-state index is 11.8. The van der Waals surface area contributed by atoms with E-state index in [1.165, 1.54) is 0 Å². The van der Waals surface area contributed by atoms with Gasteiger partial charge < -0.3 is 15.1 Å². The molecule has 1 aromatic heterocycles. The summed E-state index contributed by atoms with van der Waals surface area (Å²) in [5.74, 6) is 1.49. The Hall–Kier alpha value is -1.49. The average molecular weight is 356 g/mol. The van der Waals surface area contributed by atoms with E-state index in [4.69, 9.17) is 27.6 Å². The molecule has 2 aromatic rings. The van der Waals surface area contributed by atoms with Gasteiger partial charge in [-0.3, -0.25) is 4.79 Å². The second kappa shape index (κ2) is 8.39. The quantitative estimate of drug-likeness (QED) is 0.800. The van der Waals surface area contributed by atoms with Crippen molar-refractivity contribution in [2.45, 2.75) is 32.9 Å². The topological polar surface area (TPSA) is 58.9 Å². The van der Waals surface area contributed by atoms with Crippen molar-refractivity contribution in [3.63, 3.8) is 0 Å². The molecule has 0 saturated carbocycles. The minimum absolute atomic E-state index is 0.0384. The molecule has 0 unspecified atom stereocenters. The molecule has 4 nitrogen and oxygen atoms in total. The lowest BCUT2D eigenvalue weighted by atomic mass is 10.2. The lowest BCUT2D eigenvalue weighted by molar-refractivity contribution is -0.690. The molecule has 0 aliphatic rings. The fraction of sp³-hybridized carbons (Fsp3) is 0.353. The number of quaternary nitrogens is 1. The predicted molar refractivity (Wildman–Crippen MR) is 92.6 cm³/mol. The van der Waals surface area contributed by atoms with Crippen LogP contribution in [-0.2, 0) is 11.3 Å². The molecule has 0 spiro atoms. The Morgan fingerprint density at radius 1 is 1.30 bits per heavy atom. The molecule has 1 amide bonds. The number of nitrogens with one attached hydrogen (secondary N) is 1. The second-order valence-electron chi connectivity index (χ2n) is 5.39. The second-order valence-corrected chi connectivity index (χ2v) is 6.17. The van der Waals surface area contributed by atoms with E-state index in [1.54, 1.807) is 6.07 Å². The molecule has 23 heavy (non-hydrogen) atoms. The van der Waals surface area contributed by atoms with Crippen LogP contribution in [0.2, 0.25) is 10.0 Å². The molecule has 1 aromatic carbocycles. The van der Waals surface area contributed by atoms with Gasteiger partial charge in [0.15, 0.2) is 11.8 Å². The van der Waals surface area contributed by atoms with Crippen molar-refractivity contribution >= 4 is 29.1 Å². The van der Waals surface area contributed by atoms with Crippen LogP contribution in [0.15, 0.2) is 34.7 Å². The van der Waals surface area contributed by atoms with Crippen LogP contribution in [0.5, 0.6) is 0 Å². The zero-order valence-corrected chi connectivity index (χ0v) is 14.7. The van der Waals surface area contributed by atoms with Crippen molar-refractivity contribution in [2.24, 2.45) is 0 Å². The standard InChI is InChI=1S/C17H20Cl2N2O2/c1-3-9-20-17(22)11(2)21-10-12-7-8-15(23-12)13-5-4-6-14(18)16(13)19/h4-8,11,21H,3,9-10H2,1-2H3,(H,20,22)/p+1/t11-/m1/s1. The minimum Gasteiger partial charge on any atom is -0.455 e. The Bertz CT molecular complexity index is 670. The fourth-order valence-corrected chi connectivity index (χ4v) is 2.53. The Labute approximate surface area is 146 Å². The first-order chi connectivity index (χ1) is 11.0. The molecule has 0 saturated heterocycles. The van der Waals surface area contributed by atoms with Crippen LogP contribution in [0.25, 0.3) is 11.3 Å². The summed E-state index contributed by atoms with van der Waals surface area (Å²) in [6.07, 6.45) is 0.931. The minimum atomic E-state index is -0.162. The molecule has 0 radical (unpaired) electrons.